The van der Waals surface area contributed by atoms with Crippen molar-refractivity contribution in [2.45, 2.75) is 18.6 Å². The second kappa shape index (κ2) is 9.85. The zero-order valence-corrected chi connectivity index (χ0v) is 20.3. The van der Waals surface area contributed by atoms with Crippen LogP contribution in [0, 0.1) is 28.8 Å². The van der Waals surface area contributed by atoms with E-state index in [4.69, 9.17) is 10.5 Å². The molecular weight excluding hydrogens is 497 g/mol. The van der Waals surface area contributed by atoms with Gasteiger partial charge in [0.1, 0.15) is 23.4 Å². The lowest BCUT2D eigenvalue weighted by Gasteiger charge is -2.37. The Bertz CT molecular complexity index is 1610. The maximum absolute atomic E-state index is 14.9. The predicted molar refractivity (Wildman–Crippen MR) is 136 cm³/mol. The summed E-state index contributed by atoms with van der Waals surface area (Å²) >= 11 is 0. The molecule has 5 rings (SSSR count). The molecule has 0 amide bonds. The number of phenolic OH excluding ortho intramolecular Hbond substituents is 1. The maximum atomic E-state index is 14.9. The van der Waals surface area contributed by atoms with Gasteiger partial charge in [-0.05, 0) is 47.9 Å². The number of aromatic nitrogens is 1. The Balaban J connectivity index is 1.80. The summed E-state index contributed by atoms with van der Waals surface area (Å²) in [5, 5.41) is 30.9. The number of aliphatic hydroxyl groups excluding tert-OH is 1. The molecule has 0 spiro atoms. The average Bonchev–Trinajstić information content (AvgIpc) is 2.91. The molecule has 4 N–H and O–H groups in total. The highest BCUT2D eigenvalue weighted by molar-refractivity contribution is 6.02. The van der Waals surface area contributed by atoms with Crippen molar-refractivity contribution in [2.24, 2.45) is 5.73 Å². The number of hydrogen-bond acceptors (Lipinski definition) is 7. The molecule has 0 aliphatic carbocycles. The minimum Gasteiger partial charge on any atom is -0.506 e. The molecular formula is C28H23F3N4O3. The van der Waals surface area contributed by atoms with E-state index in [1.165, 1.54) is 31.4 Å². The van der Waals surface area contributed by atoms with Gasteiger partial charge in [-0.25, -0.2) is 13.2 Å². The summed E-state index contributed by atoms with van der Waals surface area (Å²) in [5.41, 5.74) is 7.26. The number of methoxy groups -OCH3 is 1. The molecule has 4 aromatic rings. The van der Waals surface area contributed by atoms with E-state index in [0.29, 0.717) is 46.7 Å². The van der Waals surface area contributed by atoms with E-state index >= 15 is 0 Å². The van der Waals surface area contributed by atoms with E-state index in [9.17, 15) is 28.6 Å². The molecule has 0 bridgehead atoms. The smallest absolute Gasteiger partial charge is 0.170 e. The van der Waals surface area contributed by atoms with Gasteiger partial charge >= 0.3 is 0 Å². The number of halogens is 3. The standard InChI is InChI=1S/C28H23F3N4O3/c1-38-18-7-15(6-17(29)10-18)20-12-34-23-3-2-14(25-26(31)21(30)9-16(11-32)28(25)37)8-19(23)27(20)35-5-4-22(33)24(36)13-35/h2-3,6-10,12,22,24,36-37H,4-5,13,33H2,1H3. The van der Waals surface area contributed by atoms with Gasteiger partial charge in [-0.3, -0.25) is 4.98 Å². The highest BCUT2D eigenvalue weighted by Crippen LogP contribution is 2.42. The molecule has 194 valence electrons. The van der Waals surface area contributed by atoms with Gasteiger partial charge in [0.05, 0.1) is 35.5 Å². The second-order valence-corrected chi connectivity index (χ2v) is 9.15. The fourth-order valence-corrected chi connectivity index (χ4v) is 4.84. The van der Waals surface area contributed by atoms with Gasteiger partial charge in [0.2, 0.25) is 0 Å². The van der Waals surface area contributed by atoms with Crippen LogP contribution in [0.25, 0.3) is 33.2 Å². The summed E-state index contributed by atoms with van der Waals surface area (Å²) in [7, 11) is 1.42. The summed E-state index contributed by atoms with van der Waals surface area (Å²) in [6, 6.07) is 10.6. The normalized spacial score (nSPS) is 17.4. The van der Waals surface area contributed by atoms with Crippen LogP contribution in [0.1, 0.15) is 12.0 Å². The van der Waals surface area contributed by atoms with Crippen molar-refractivity contribution in [1.82, 2.24) is 4.98 Å². The Morgan fingerprint density at radius 1 is 1.13 bits per heavy atom. The first-order chi connectivity index (χ1) is 18.2. The Hall–Kier alpha value is -4.33. The molecule has 1 fully saturated rings. The van der Waals surface area contributed by atoms with Crippen LogP contribution < -0.4 is 15.4 Å². The highest BCUT2D eigenvalue weighted by atomic mass is 19.2. The van der Waals surface area contributed by atoms with Gasteiger partial charge in [0.25, 0.3) is 0 Å². The molecule has 1 saturated heterocycles. The van der Waals surface area contributed by atoms with Gasteiger partial charge in [-0.15, -0.1) is 0 Å². The number of piperidine rings is 1. The van der Waals surface area contributed by atoms with E-state index in [1.54, 1.807) is 24.4 Å². The van der Waals surface area contributed by atoms with Crippen molar-refractivity contribution in [1.29, 1.82) is 5.26 Å². The van der Waals surface area contributed by atoms with E-state index in [-0.39, 0.29) is 17.9 Å². The fourth-order valence-electron chi connectivity index (χ4n) is 4.84. The highest BCUT2D eigenvalue weighted by Gasteiger charge is 2.29. The minimum atomic E-state index is -1.30. The SMILES string of the molecule is COc1cc(F)cc(-c2cnc3ccc(-c4c(O)c(C#N)cc(F)c4F)cc3c2N2CCC(N)C(O)C2)c1. The third-order valence-electron chi connectivity index (χ3n) is 6.81. The first kappa shape index (κ1) is 25.3. The summed E-state index contributed by atoms with van der Waals surface area (Å²) in [5.74, 6) is -3.51. The molecule has 7 nitrogen and oxygen atoms in total. The number of benzene rings is 3. The van der Waals surface area contributed by atoms with Crippen LogP contribution in [0.3, 0.4) is 0 Å². The molecule has 38 heavy (non-hydrogen) atoms. The molecule has 1 aliphatic rings. The van der Waals surface area contributed by atoms with E-state index in [2.05, 4.69) is 4.98 Å². The van der Waals surface area contributed by atoms with Crippen molar-refractivity contribution in [3.63, 3.8) is 0 Å². The molecule has 2 unspecified atom stereocenters. The van der Waals surface area contributed by atoms with E-state index in [0.717, 1.165) is 0 Å². The van der Waals surface area contributed by atoms with Gasteiger partial charge in [-0.2, -0.15) is 5.26 Å². The number of phenols is 1. The van der Waals surface area contributed by atoms with Crippen LogP contribution in [0.15, 0.2) is 48.7 Å². The zero-order chi connectivity index (χ0) is 27.1. The third-order valence-corrected chi connectivity index (χ3v) is 6.81. The van der Waals surface area contributed by atoms with Crippen LogP contribution in [0.2, 0.25) is 0 Å². The first-order valence-electron chi connectivity index (χ1n) is 11.8. The second-order valence-electron chi connectivity index (χ2n) is 9.15. The van der Waals surface area contributed by atoms with Crippen LogP contribution >= 0.6 is 0 Å². The van der Waals surface area contributed by atoms with E-state index < -0.39 is 46.5 Å². The average molecular weight is 521 g/mol. The third kappa shape index (κ3) is 4.36. The number of β-amino-alcohol motifs (C(OH)–C–C–N with tert-alkyl or cyclic N) is 1. The number of nitriles is 1. The first-order valence-corrected chi connectivity index (χ1v) is 11.8. The fraction of sp³-hybridized carbons (Fsp3) is 0.214. The zero-order valence-electron chi connectivity index (χ0n) is 20.3. The van der Waals surface area contributed by atoms with Gasteiger partial charge < -0.3 is 25.6 Å². The summed E-state index contributed by atoms with van der Waals surface area (Å²) in [6.45, 7) is 0.626. The van der Waals surface area contributed by atoms with Crippen molar-refractivity contribution in [3.05, 3.63) is 71.7 Å². The molecule has 10 heteroatoms. The monoisotopic (exact) mass is 520 g/mol. The van der Waals surface area contributed by atoms with Crippen LogP contribution in [-0.2, 0) is 0 Å². The van der Waals surface area contributed by atoms with Gasteiger partial charge in [-0.1, -0.05) is 6.07 Å². The number of ether oxygens (including phenoxy) is 1. The number of nitrogens with two attached hydrogens (primary N) is 1. The van der Waals surface area contributed by atoms with Crippen LogP contribution in [0.4, 0.5) is 18.9 Å². The molecule has 0 radical (unpaired) electrons. The van der Waals surface area contributed by atoms with Gasteiger partial charge in [0.15, 0.2) is 11.6 Å². The molecule has 2 heterocycles. The Kier molecular flexibility index (Phi) is 6.57. The van der Waals surface area contributed by atoms with Crippen molar-refractivity contribution in [2.75, 3.05) is 25.1 Å². The summed E-state index contributed by atoms with van der Waals surface area (Å²) in [4.78, 5) is 6.39. The summed E-state index contributed by atoms with van der Waals surface area (Å²) < 4.78 is 48.9. The lowest BCUT2D eigenvalue weighted by atomic mass is 9.94. The quantitative estimate of drug-likeness (QED) is 0.364. The molecule has 1 aromatic heterocycles. The Morgan fingerprint density at radius 2 is 1.92 bits per heavy atom. The van der Waals surface area contributed by atoms with E-state index in [1.807, 2.05) is 4.90 Å². The Labute approximate surface area is 216 Å². The van der Waals surface area contributed by atoms with Crippen molar-refractivity contribution in [3.8, 4) is 39.8 Å². The maximum Gasteiger partial charge on any atom is 0.170 e. The molecule has 0 saturated carbocycles. The molecule has 1 aliphatic heterocycles. The lowest BCUT2D eigenvalue weighted by molar-refractivity contribution is 0.132. The largest absolute Gasteiger partial charge is 0.506 e. The van der Waals surface area contributed by atoms with Crippen LogP contribution in [0.5, 0.6) is 11.5 Å². The Morgan fingerprint density at radius 3 is 2.63 bits per heavy atom. The lowest BCUT2D eigenvalue weighted by Crippen LogP contribution is -2.50. The number of rotatable bonds is 4. The number of anilines is 1. The number of aliphatic hydroxyl groups is 1. The number of hydrogen-bond donors (Lipinski definition) is 3. The van der Waals surface area contributed by atoms with Crippen molar-refractivity contribution < 1.29 is 28.1 Å². The van der Waals surface area contributed by atoms with Gasteiger partial charge in [0, 0.05) is 42.3 Å². The van der Waals surface area contributed by atoms with Crippen LogP contribution in [-0.4, -0.2) is 47.5 Å². The van der Waals surface area contributed by atoms with Crippen molar-refractivity contribution >= 4 is 16.6 Å². The topological polar surface area (TPSA) is 116 Å². The number of aromatic hydroxyl groups is 1. The number of pyridine rings is 1. The minimum absolute atomic E-state index is 0.106. The number of fused-ring (bicyclic) bond motifs is 1. The number of nitrogens with zero attached hydrogens (tertiary/aromatic N) is 3. The molecule has 2 atom stereocenters. The predicted octanol–water partition coefficient (Wildman–Crippen LogP) is 4.47. The molecule has 3 aromatic carbocycles. The summed E-state index contributed by atoms with van der Waals surface area (Å²) in [6.07, 6.45) is 1.20.